The van der Waals surface area contributed by atoms with Gasteiger partial charge in [-0.15, -0.1) is 5.10 Å². The number of ether oxygens (including phenoxy) is 1. The number of hydrogen-bond donors (Lipinski definition) is 0. The zero-order chi connectivity index (χ0) is 14.8. The third-order valence-electron chi connectivity index (χ3n) is 2.65. The van der Waals surface area contributed by atoms with Gasteiger partial charge < -0.3 is 4.74 Å². The minimum absolute atomic E-state index is 0.268. The largest absolute Gasteiger partial charge is 0.494 e. The molecule has 0 N–H and O–H groups in total. The summed E-state index contributed by atoms with van der Waals surface area (Å²) in [6.45, 7) is 6.80. The lowest BCUT2D eigenvalue weighted by Crippen LogP contribution is -2.28. The molecule has 20 heavy (non-hydrogen) atoms. The molecule has 2 rings (SSSR count). The van der Waals surface area contributed by atoms with Crippen LogP contribution in [-0.2, 0) is 6.17 Å². The second-order valence-electron chi connectivity index (χ2n) is 5.76. The molecule has 0 fully saturated rings. The number of carbonyl (C=O) groups is 1. The average Bonchev–Trinajstić information content (AvgIpc) is 2.84. The molecule has 0 radical (unpaired) electrons. The second kappa shape index (κ2) is 5.54. The number of pyridine rings is 1. The van der Waals surface area contributed by atoms with E-state index in [-0.39, 0.29) is 5.69 Å². The number of nitrogens with zero attached hydrogens (tertiary/aromatic N) is 4. The third-order valence-corrected chi connectivity index (χ3v) is 3.93. The lowest BCUT2D eigenvalue weighted by atomic mass is 10.2. The monoisotopic (exact) mass is 290 g/mol. The molecule has 6 nitrogen and oxygen atoms in total. The molecule has 2 aromatic rings. The van der Waals surface area contributed by atoms with Crippen LogP contribution in [0.15, 0.2) is 18.3 Å². The first-order valence-electron chi connectivity index (χ1n) is 6.33. The highest BCUT2D eigenvalue weighted by molar-refractivity contribution is 6.74. The van der Waals surface area contributed by atoms with E-state index < -0.39 is 8.07 Å². The van der Waals surface area contributed by atoms with Crippen molar-refractivity contribution in [3.63, 3.8) is 0 Å². The molecule has 0 saturated carbocycles. The average molecular weight is 290 g/mol. The Hall–Kier alpha value is -2.02. The lowest BCUT2D eigenvalue weighted by molar-refractivity contribution is 0.111. The van der Waals surface area contributed by atoms with E-state index in [1.165, 1.54) is 7.11 Å². The molecule has 0 aliphatic rings. The molecule has 7 heteroatoms. The molecular formula is C13H18N4O2Si. The summed E-state index contributed by atoms with van der Waals surface area (Å²) in [5.74, 6) is 0.457. The summed E-state index contributed by atoms with van der Waals surface area (Å²) in [6.07, 6.45) is 3.44. The third kappa shape index (κ3) is 3.30. The van der Waals surface area contributed by atoms with Crippen LogP contribution in [-0.4, -0.2) is 41.4 Å². The Bertz CT molecular complexity index is 619. The predicted octanol–water partition coefficient (Wildman–Crippen LogP) is 2.04. The van der Waals surface area contributed by atoms with E-state index in [9.17, 15) is 4.79 Å². The van der Waals surface area contributed by atoms with Crippen molar-refractivity contribution in [1.82, 2.24) is 20.0 Å². The molecule has 0 bridgehead atoms. The Labute approximate surface area is 118 Å². The maximum Gasteiger partial charge on any atom is 0.172 e. The fourth-order valence-electron chi connectivity index (χ4n) is 1.84. The summed E-state index contributed by atoms with van der Waals surface area (Å²) in [5, 5.41) is 8.24. The molecule has 0 aliphatic carbocycles. The highest BCUT2D eigenvalue weighted by Gasteiger charge is 2.16. The van der Waals surface area contributed by atoms with Gasteiger partial charge in [-0.25, -0.2) is 4.98 Å². The van der Waals surface area contributed by atoms with E-state index in [4.69, 9.17) is 4.74 Å². The van der Waals surface area contributed by atoms with Gasteiger partial charge in [0.25, 0.3) is 0 Å². The van der Waals surface area contributed by atoms with Gasteiger partial charge in [-0.1, -0.05) is 24.9 Å². The molecule has 2 aromatic heterocycles. The van der Waals surface area contributed by atoms with Crippen LogP contribution in [0.25, 0.3) is 11.4 Å². The van der Waals surface area contributed by atoms with Gasteiger partial charge >= 0.3 is 0 Å². The van der Waals surface area contributed by atoms with Gasteiger partial charge in [0.1, 0.15) is 17.1 Å². The summed E-state index contributed by atoms with van der Waals surface area (Å²) < 4.78 is 6.91. The van der Waals surface area contributed by atoms with Crippen molar-refractivity contribution in [2.45, 2.75) is 25.8 Å². The minimum atomic E-state index is -1.25. The smallest absolute Gasteiger partial charge is 0.172 e. The summed E-state index contributed by atoms with van der Waals surface area (Å²) in [6, 6.07) is 3.48. The number of rotatable bonds is 5. The van der Waals surface area contributed by atoms with Crippen LogP contribution < -0.4 is 4.74 Å². The van der Waals surface area contributed by atoms with Crippen molar-refractivity contribution in [2.24, 2.45) is 0 Å². The Morgan fingerprint density at radius 1 is 1.30 bits per heavy atom. The summed E-state index contributed by atoms with van der Waals surface area (Å²) in [7, 11) is 0.254. The predicted molar refractivity (Wildman–Crippen MR) is 78.5 cm³/mol. The zero-order valence-electron chi connectivity index (χ0n) is 12.1. The fourth-order valence-corrected chi connectivity index (χ4v) is 2.97. The lowest BCUT2D eigenvalue weighted by Gasteiger charge is -2.14. The highest BCUT2D eigenvalue weighted by Crippen LogP contribution is 2.20. The molecule has 0 unspecified atom stereocenters. The SMILES string of the molecule is COc1ccc(-c2cn(C[Si](C)(C)C)nn2)nc1C=O. The molecule has 0 aromatic carbocycles. The molecule has 0 aliphatic heterocycles. The molecule has 0 amide bonds. The van der Waals surface area contributed by atoms with Crippen LogP contribution in [0, 0.1) is 0 Å². The quantitative estimate of drug-likeness (QED) is 0.622. The van der Waals surface area contributed by atoms with Crippen molar-refractivity contribution in [3.8, 4) is 17.1 Å². The molecule has 0 atom stereocenters. The molecular weight excluding hydrogens is 272 g/mol. The number of methoxy groups -OCH3 is 1. The van der Waals surface area contributed by atoms with Crippen LogP contribution in [0.3, 0.4) is 0 Å². The van der Waals surface area contributed by atoms with E-state index in [2.05, 4.69) is 34.9 Å². The van der Waals surface area contributed by atoms with Gasteiger partial charge in [-0.3, -0.25) is 9.48 Å². The van der Waals surface area contributed by atoms with Crippen LogP contribution in [0.2, 0.25) is 19.6 Å². The van der Waals surface area contributed by atoms with Crippen LogP contribution in [0.1, 0.15) is 10.5 Å². The number of hydrogen-bond acceptors (Lipinski definition) is 5. The van der Waals surface area contributed by atoms with E-state index >= 15 is 0 Å². The molecule has 106 valence electrons. The summed E-state index contributed by atoms with van der Waals surface area (Å²) >= 11 is 0. The van der Waals surface area contributed by atoms with Crippen LogP contribution in [0.4, 0.5) is 0 Å². The Balaban J connectivity index is 2.30. The maximum absolute atomic E-state index is 11.0. The zero-order valence-corrected chi connectivity index (χ0v) is 13.1. The van der Waals surface area contributed by atoms with Crippen molar-refractivity contribution < 1.29 is 9.53 Å². The number of carbonyl (C=O) groups excluding carboxylic acids is 1. The fraction of sp³-hybridized carbons (Fsp3) is 0.385. The second-order valence-corrected chi connectivity index (χ2v) is 11.2. The van der Waals surface area contributed by atoms with Crippen LogP contribution in [0.5, 0.6) is 5.75 Å². The van der Waals surface area contributed by atoms with E-state index in [0.29, 0.717) is 23.4 Å². The molecule has 0 spiro atoms. The van der Waals surface area contributed by atoms with Gasteiger partial charge in [0.15, 0.2) is 6.29 Å². The van der Waals surface area contributed by atoms with Gasteiger partial charge in [-0.2, -0.15) is 0 Å². The molecule has 0 saturated heterocycles. The van der Waals surface area contributed by atoms with Crippen molar-refractivity contribution >= 4 is 14.4 Å². The van der Waals surface area contributed by atoms with Crippen molar-refractivity contribution in [3.05, 3.63) is 24.0 Å². The standard InChI is InChI=1S/C13H18N4O2Si/c1-19-13-6-5-10(14-12(13)8-18)11-7-17(16-15-11)9-20(2,3)4/h5-8H,9H2,1-4H3. The first kappa shape index (κ1) is 14.4. The Kier molecular flexibility index (Phi) is 3.98. The first-order chi connectivity index (χ1) is 9.43. The van der Waals surface area contributed by atoms with E-state index in [1.807, 2.05) is 10.9 Å². The van der Waals surface area contributed by atoms with Gasteiger partial charge in [0.05, 0.1) is 27.1 Å². The van der Waals surface area contributed by atoms with Gasteiger partial charge in [-0.05, 0) is 12.1 Å². The summed E-state index contributed by atoms with van der Waals surface area (Å²) in [5.41, 5.74) is 1.55. The maximum atomic E-state index is 11.0. The topological polar surface area (TPSA) is 69.9 Å². The highest BCUT2D eigenvalue weighted by atomic mass is 28.3. The Morgan fingerprint density at radius 3 is 2.65 bits per heavy atom. The van der Waals surface area contributed by atoms with Crippen molar-refractivity contribution in [2.75, 3.05) is 7.11 Å². The number of aldehydes is 1. The van der Waals surface area contributed by atoms with Crippen LogP contribution >= 0.6 is 0 Å². The van der Waals surface area contributed by atoms with E-state index in [1.54, 1.807) is 12.1 Å². The minimum Gasteiger partial charge on any atom is -0.494 e. The first-order valence-corrected chi connectivity index (χ1v) is 10.0. The van der Waals surface area contributed by atoms with E-state index in [0.717, 1.165) is 6.17 Å². The number of aromatic nitrogens is 4. The normalized spacial score (nSPS) is 11.4. The molecule has 2 heterocycles. The van der Waals surface area contributed by atoms with Gasteiger partial charge in [0.2, 0.25) is 0 Å². The van der Waals surface area contributed by atoms with Crippen molar-refractivity contribution in [1.29, 1.82) is 0 Å². The summed E-state index contributed by atoms with van der Waals surface area (Å²) in [4.78, 5) is 15.2. The van der Waals surface area contributed by atoms with Gasteiger partial charge in [0, 0.05) is 6.17 Å². The Morgan fingerprint density at radius 2 is 2.05 bits per heavy atom.